The van der Waals surface area contributed by atoms with Crippen LogP contribution in [0.5, 0.6) is 5.75 Å². The van der Waals surface area contributed by atoms with Gasteiger partial charge in [-0.25, -0.2) is 0 Å². The molecule has 1 aromatic carbocycles. The number of amides is 1. The Kier molecular flexibility index (Phi) is 6.84. The van der Waals surface area contributed by atoms with E-state index in [2.05, 4.69) is 16.8 Å². The van der Waals surface area contributed by atoms with Gasteiger partial charge in [0.15, 0.2) is 0 Å². The van der Waals surface area contributed by atoms with Crippen LogP contribution >= 0.6 is 0 Å². The number of ether oxygens (including phenoxy) is 2. The lowest BCUT2D eigenvalue weighted by Gasteiger charge is -2.25. The molecule has 5 nitrogen and oxygen atoms in total. The van der Waals surface area contributed by atoms with Gasteiger partial charge in [-0.3, -0.25) is 9.78 Å². The number of nitrogens with zero attached hydrogens (tertiary/aromatic N) is 2. The Morgan fingerprint density at radius 1 is 1.26 bits per heavy atom. The molecule has 0 radical (unpaired) electrons. The summed E-state index contributed by atoms with van der Waals surface area (Å²) < 4.78 is 11.2. The first kappa shape index (κ1) is 18.9. The second-order valence-electron chi connectivity index (χ2n) is 6.42. The van der Waals surface area contributed by atoms with E-state index in [1.165, 1.54) is 0 Å². The molecule has 0 unspecified atom stereocenters. The summed E-state index contributed by atoms with van der Waals surface area (Å²) in [5.74, 6) is 6.48. The molecule has 0 saturated carbocycles. The van der Waals surface area contributed by atoms with Crippen molar-refractivity contribution in [2.45, 2.75) is 39.0 Å². The highest BCUT2D eigenvalue weighted by atomic mass is 16.5. The van der Waals surface area contributed by atoms with Gasteiger partial charge in [0, 0.05) is 32.1 Å². The lowest BCUT2D eigenvalue weighted by atomic mass is 10.1. The average molecular weight is 364 g/mol. The van der Waals surface area contributed by atoms with Gasteiger partial charge in [-0.2, -0.15) is 0 Å². The van der Waals surface area contributed by atoms with Crippen LogP contribution in [0.15, 0.2) is 48.8 Å². The molecule has 2 heterocycles. The van der Waals surface area contributed by atoms with Gasteiger partial charge in [0.1, 0.15) is 18.5 Å². The van der Waals surface area contributed by atoms with Gasteiger partial charge in [0.05, 0.1) is 0 Å². The van der Waals surface area contributed by atoms with Crippen LogP contribution in [-0.4, -0.2) is 35.1 Å². The molecule has 140 valence electrons. The van der Waals surface area contributed by atoms with Gasteiger partial charge in [-0.15, -0.1) is 5.92 Å². The Bertz CT molecular complexity index is 788. The van der Waals surface area contributed by atoms with Crippen LogP contribution in [0.1, 0.15) is 30.9 Å². The Hall–Kier alpha value is -2.84. The van der Waals surface area contributed by atoms with Crippen molar-refractivity contribution in [2.24, 2.45) is 0 Å². The number of carbonyl (C=O) groups is 1. The summed E-state index contributed by atoms with van der Waals surface area (Å²) in [6.07, 6.45) is 4.91. The van der Waals surface area contributed by atoms with Crippen molar-refractivity contribution in [3.63, 3.8) is 0 Å². The van der Waals surface area contributed by atoms with E-state index >= 15 is 0 Å². The molecule has 2 aromatic rings. The Morgan fingerprint density at radius 2 is 2.07 bits per heavy atom. The molecule has 1 aromatic heterocycles. The second kappa shape index (κ2) is 9.75. The second-order valence-corrected chi connectivity index (χ2v) is 6.42. The lowest BCUT2D eigenvalue weighted by molar-refractivity contribution is -0.142. The van der Waals surface area contributed by atoms with Crippen LogP contribution < -0.4 is 4.74 Å². The molecule has 3 rings (SSSR count). The standard InChI is InChI=1S/C22H24N2O3/c1-2-3-13-26-20-10-8-18(9-11-20)16-24(17-19-6-4-12-23-15-19)22(25)21-7-5-14-27-21/h4,6,8-12,15,21H,5,7,13-14,16-17H2,1H3/t21-/m0/s1. The van der Waals surface area contributed by atoms with Gasteiger partial charge in [-0.05, 0) is 49.1 Å². The molecule has 0 bridgehead atoms. The smallest absolute Gasteiger partial charge is 0.252 e. The van der Waals surface area contributed by atoms with E-state index in [0.29, 0.717) is 26.3 Å². The minimum atomic E-state index is -0.336. The largest absolute Gasteiger partial charge is 0.481 e. The predicted octanol–water partition coefficient (Wildman–Crippen LogP) is 3.19. The Morgan fingerprint density at radius 3 is 2.74 bits per heavy atom. The minimum Gasteiger partial charge on any atom is -0.481 e. The Balaban J connectivity index is 1.69. The monoisotopic (exact) mass is 364 g/mol. The van der Waals surface area contributed by atoms with Crippen LogP contribution in [0.4, 0.5) is 0 Å². The van der Waals surface area contributed by atoms with Crippen LogP contribution in [0.25, 0.3) is 0 Å². The van der Waals surface area contributed by atoms with E-state index in [0.717, 1.165) is 29.7 Å². The molecule has 1 atom stereocenters. The highest BCUT2D eigenvalue weighted by molar-refractivity contribution is 5.81. The molecule has 0 aliphatic carbocycles. The number of hydrogen-bond acceptors (Lipinski definition) is 4. The number of aromatic nitrogens is 1. The zero-order valence-corrected chi connectivity index (χ0v) is 15.6. The highest BCUT2D eigenvalue weighted by Gasteiger charge is 2.28. The van der Waals surface area contributed by atoms with Crippen LogP contribution in [0.2, 0.25) is 0 Å². The summed E-state index contributed by atoms with van der Waals surface area (Å²) in [7, 11) is 0. The molecule has 1 saturated heterocycles. The fraction of sp³-hybridized carbons (Fsp3) is 0.364. The highest BCUT2D eigenvalue weighted by Crippen LogP contribution is 2.20. The van der Waals surface area contributed by atoms with Gasteiger partial charge >= 0.3 is 0 Å². The van der Waals surface area contributed by atoms with Crippen molar-refractivity contribution in [1.29, 1.82) is 0 Å². The van der Waals surface area contributed by atoms with Crippen molar-refractivity contribution < 1.29 is 14.3 Å². The van der Waals surface area contributed by atoms with E-state index in [-0.39, 0.29) is 12.0 Å². The van der Waals surface area contributed by atoms with E-state index in [4.69, 9.17) is 9.47 Å². The molecule has 1 aliphatic heterocycles. The first-order valence-electron chi connectivity index (χ1n) is 9.17. The van der Waals surface area contributed by atoms with E-state index in [1.54, 1.807) is 19.3 Å². The SMILES string of the molecule is CC#CCOc1ccc(CN(Cc2cccnc2)C(=O)[C@@H]2CCCO2)cc1. The number of carbonyl (C=O) groups excluding carboxylic acids is 1. The normalized spacial score (nSPS) is 15.7. The van der Waals surface area contributed by atoms with Crippen LogP contribution in [0, 0.1) is 11.8 Å². The molecule has 1 amide bonds. The third-order valence-electron chi connectivity index (χ3n) is 4.40. The van der Waals surface area contributed by atoms with Crippen molar-refractivity contribution in [2.75, 3.05) is 13.2 Å². The summed E-state index contributed by atoms with van der Waals surface area (Å²) in [4.78, 5) is 18.9. The number of pyridine rings is 1. The summed E-state index contributed by atoms with van der Waals surface area (Å²) in [6, 6.07) is 11.6. The van der Waals surface area contributed by atoms with Gasteiger partial charge < -0.3 is 14.4 Å². The summed E-state index contributed by atoms with van der Waals surface area (Å²) in [5.41, 5.74) is 2.04. The lowest BCUT2D eigenvalue weighted by Crippen LogP contribution is -2.38. The molecule has 5 heteroatoms. The molecular formula is C22H24N2O3. The third-order valence-corrected chi connectivity index (χ3v) is 4.40. The third kappa shape index (κ3) is 5.57. The zero-order valence-electron chi connectivity index (χ0n) is 15.6. The maximum Gasteiger partial charge on any atom is 0.252 e. The average Bonchev–Trinajstić information content (AvgIpc) is 3.24. The quantitative estimate of drug-likeness (QED) is 0.708. The fourth-order valence-electron chi connectivity index (χ4n) is 3.00. The zero-order chi connectivity index (χ0) is 18.9. The first-order valence-corrected chi connectivity index (χ1v) is 9.17. The van der Waals surface area contributed by atoms with Crippen LogP contribution in [0.3, 0.4) is 0 Å². The summed E-state index contributed by atoms with van der Waals surface area (Å²) in [5, 5.41) is 0. The summed E-state index contributed by atoms with van der Waals surface area (Å²) >= 11 is 0. The van der Waals surface area contributed by atoms with E-state index in [9.17, 15) is 4.79 Å². The maximum atomic E-state index is 12.9. The Labute approximate surface area is 160 Å². The van der Waals surface area contributed by atoms with Crippen LogP contribution in [-0.2, 0) is 22.6 Å². The number of benzene rings is 1. The summed E-state index contributed by atoms with van der Waals surface area (Å²) in [6.45, 7) is 3.85. The van der Waals surface area contributed by atoms with Crippen molar-refractivity contribution in [3.05, 3.63) is 59.9 Å². The van der Waals surface area contributed by atoms with Gasteiger partial charge in [0.2, 0.25) is 0 Å². The molecule has 0 spiro atoms. The van der Waals surface area contributed by atoms with Crippen molar-refractivity contribution in [1.82, 2.24) is 9.88 Å². The van der Waals surface area contributed by atoms with E-state index < -0.39 is 0 Å². The number of rotatable bonds is 7. The number of hydrogen-bond donors (Lipinski definition) is 0. The van der Waals surface area contributed by atoms with E-state index in [1.807, 2.05) is 41.3 Å². The molecule has 1 aliphatic rings. The molecule has 1 fully saturated rings. The molecular weight excluding hydrogens is 340 g/mol. The van der Waals surface area contributed by atoms with Crippen molar-refractivity contribution in [3.8, 4) is 17.6 Å². The van der Waals surface area contributed by atoms with Gasteiger partial charge in [-0.1, -0.05) is 24.1 Å². The predicted molar refractivity (Wildman–Crippen MR) is 103 cm³/mol. The van der Waals surface area contributed by atoms with Crippen molar-refractivity contribution >= 4 is 5.91 Å². The molecule has 27 heavy (non-hydrogen) atoms. The minimum absolute atomic E-state index is 0.0369. The maximum absolute atomic E-state index is 12.9. The van der Waals surface area contributed by atoms with Gasteiger partial charge in [0.25, 0.3) is 5.91 Å². The molecule has 0 N–H and O–H groups in total. The topological polar surface area (TPSA) is 51.7 Å². The first-order chi connectivity index (χ1) is 13.3. The fourth-order valence-corrected chi connectivity index (χ4v) is 3.00.